The zero-order valence-corrected chi connectivity index (χ0v) is 16.2. The van der Waals surface area contributed by atoms with Crippen LogP contribution in [-0.2, 0) is 10.0 Å². The van der Waals surface area contributed by atoms with Crippen molar-refractivity contribution in [1.82, 2.24) is 14.3 Å². The van der Waals surface area contributed by atoms with Gasteiger partial charge >= 0.3 is 0 Å². The van der Waals surface area contributed by atoms with Crippen molar-refractivity contribution in [3.63, 3.8) is 0 Å². The number of piperidine rings is 1. The van der Waals surface area contributed by atoms with Crippen LogP contribution in [0.2, 0.25) is 0 Å². The third-order valence-corrected chi connectivity index (χ3v) is 6.32. The highest BCUT2D eigenvalue weighted by molar-refractivity contribution is 7.89. The molecule has 0 radical (unpaired) electrons. The van der Waals surface area contributed by atoms with Crippen molar-refractivity contribution in [3.8, 4) is 0 Å². The quantitative estimate of drug-likeness (QED) is 0.850. The van der Waals surface area contributed by atoms with Crippen LogP contribution >= 0.6 is 0 Å². The van der Waals surface area contributed by atoms with Crippen LogP contribution in [-0.4, -0.2) is 47.6 Å². The van der Waals surface area contributed by atoms with E-state index in [-0.39, 0.29) is 17.7 Å². The third kappa shape index (κ3) is 4.66. The van der Waals surface area contributed by atoms with Gasteiger partial charge in [0.1, 0.15) is 11.6 Å². The predicted octanol–water partition coefficient (Wildman–Crippen LogP) is 2.95. The molecule has 6 nitrogen and oxygen atoms in total. The Morgan fingerprint density at radius 2 is 1.79 bits per heavy atom. The lowest BCUT2D eigenvalue weighted by molar-refractivity contribution is 0.330. The average molecular weight is 355 g/mol. The molecular formula is C17H30N4O2S. The van der Waals surface area contributed by atoms with E-state index in [1.807, 2.05) is 6.07 Å². The molecule has 1 aromatic rings. The molecule has 1 aliphatic heterocycles. The van der Waals surface area contributed by atoms with E-state index in [1.165, 1.54) is 0 Å². The minimum atomic E-state index is -3.07. The monoisotopic (exact) mass is 354 g/mol. The first kappa shape index (κ1) is 19.1. The molecule has 0 aliphatic carbocycles. The fourth-order valence-electron chi connectivity index (χ4n) is 2.78. The number of nitrogens with zero attached hydrogens (tertiary/aromatic N) is 3. The van der Waals surface area contributed by atoms with E-state index in [0.29, 0.717) is 19.0 Å². The van der Waals surface area contributed by atoms with E-state index < -0.39 is 10.0 Å². The molecule has 0 amide bonds. The molecule has 1 saturated heterocycles. The van der Waals surface area contributed by atoms with E-state index in [1.54, 1.807) is 11.2 Å². The maximum atomic E-state index is 11.9. The molecule has 0 aromatic carbocycles. The Balaban J connectivity index is 2.07. The summed E-state index contributed by atoms with van der Waals surface area (Å²) in [6.45, 7) is 11.3. The molecule has 1 aliphatic rings. The number of nitrogens with one attached hydrogen (secondary N) is 1. The van der Waals surface area contributed by atoms with Gasteiger partial charge in [-0.25, -0.2) is 22.7 Å². The fraction of sp³-hybridized carbons (Fsp3) is 0.765. The number of aromatic nitrogens is 2. The molecule has 0 bridgehead atoms. The second-order valence-electron chi connectivity index (χ2n) is 7.06. The highest BCUT2D eigenvalue weighted by Gasteiger charge is 2.27. The van der Waals surface area contributed by atoms with Gasteiger partial charge in [-0.05, 0) is 25.7 Å². The van der Waals surface area contributed by atoms with Crippen molar-refractivity contribution in [3.05, 3.63) is 17.6 Å². The SMILES string of the molecule is CCS(=O)(=O)N1CCC(Nc2cc(C(C)C)nc(C(C)C)n2)CC1. The van der Waals surface area contributed by atoms with Gasteiger partial charge < -0.3 is 5.32 Å². The first-order chi connectivity index (χ1) is 11.2. The van der Waals surface area contributed by atoms with Crippen LogP contribution in [0, 0.1) is 0 Å². The average Bonchev–Trinajstić information content (AvgIpc) is 2.55. The fourth-order valence-corrected chi connectivity index (χ4v) is 3.92. The molecule has 1 fully saturated rings. The molecular weight excluding hydrogens is 324 g/mol. The summed E-state index contributed by atoms with van der Waals surface area (Å²) in [4.78, 5) is 9.28. The Hall–Kier alpha value is -1.21. The summed E-state index contributed by atoms with van der Waals surface area (Å²) in [7, 11) is -3.07. The summed E-state index contributed by atoms with van der Waals surface area (Å²) >= 11 is 0. The zero-order chi connectivity index (χ0) is 17.9. The number of sulfonamides is 1. The van der Waals surface area contributed by atoms with E-state index in [4.69, 9.17) is 0 Å². The van der Waals surface area contributed by atoms with Gasteiger partial charge in [-0.2, -0.15) is 0 Å². The summed E-state index contributed by atoms with van der Waals surface area (Å²) in [6.07, 6.45) is 1.61. The Bertz CT molecular complexity index is 624. The summed E-state index contributed by atoms with van der Waals surface area (Å²) in [5.41, 5.74) is 1.04. The van der Waals surface area contributed by atoms with Crippen molar-refractivity contribution in [2.75, 3.05) is 24.2 Å². The lowest BCUT2D eigenvalue weighted by atomic mass is 10.1. The lowest BCUT2D eigenvalue weighted by Gasteiger charge is -2.31. The van der Waals surface area contributed by atoms with Crippen LogP contribution in [0.4, 0.5) is 5.82 Å². The molecule has 7 heteroatoms. The Morgan fingerprint density at radius 1 is 1.17 bits per heavy atom. The molecule has 0 atom stereocenters. The maximum absolute atomic E-state index is 11.9. The first-order valence-electron chi connectivity index (χ1n) is 8.86. The minimum absolute atomic E-state index is 0.173. The number of hydrogen-bond donors (Lipinski definition) is 1. The van der Waals surface area contributed by atoms with E-state index in [0.717, 1.165) is 30.2 Å². The highest BCUT2D eigenvalue weighted by Crippen LogP contribution is 2.22. The number of anilines is 1. The zero-order valence-electron chi connectivity index (χ0n) is 15.4. The van der Waals surface area contributed by atoms with Crippen LogP contribution < -0.4 is 5.32 Å². The van der Waals surface area contributed by atoms with Gasteiger partial charge in [-0.1, -0.05) is 27.7 Å². The molecule has 1 aromatic heterocycles. The summed E-state index contributed by atoms with van der Waals surface area (Å²) < 4.78 is 25.5. The minimum Gasteiger partial charge on any atom is -0.367 e. The molecule has 0 saturated carbocycles. The molecule has 136 valence electrons. The second-order valence-corrected chi connectivity index (χ2v) is 9.32. The van der Waals surface area contributed by atoms with Gasteiger partial charge in [0.2, 0.25) is 10.0 Å². The van der Waals surface area contributed by atoms with Gasteiger partial charge in [0.15, 0.2) is 0 Å². The maximum Gasteiger partial charge on any atom is 0.213 e. The van der Waals surface area contributed by atoms with Gasteiger partial charge in [0.05, 0.1) is 5.75 Å². The third-order valence-electron chi connectivity index (χ3n) is 4.44. The molecule has 2 heterocycles. The summed E-state index contributed by atoms with van der Waals surface area (Å²) in [6, 6.07) is 2.27. The van der Waals surface area contributed by atoms with Crippen LogP contribution in [0.5, 0.6) is 0 Å². The van der Waals surface area contributed by atoms with E-state index in [9.17, 15) is 8.42 Å². The lowest BCUT2D eigenvalue weighted by Crippen LogP contribution is -2.43. The number of rotatable bonds is 6. The summed E-state index contributed by atoms with van der Waals surface area (Å²) in [5.74, 6) is 2.51. The second kappa shape index (κ2) is 7.78. The van der Waals surface area contributed by atoms with Gasteiger partial charge in [-0.3, -0.25) is 0 Å². The van der Waals surface area contributed by atoms with Crippen LogP contribution in [0.15, 0.2) is 6.07 Å². The topological polar surface area (TPSA) is 75.2 Å². The summed E-state index contributed by atoms with van der Waals surface area (Å²) in [5, 5.41) is 3.49. The highest BCUT2D eigenvalue weighted by atomic mass is 32.2. The Kier molecular flexibility index (Phi) is 6.20. The van der Waals surface area contributed by atoms with Crippen LogP contribution in [0.1, 0.15) is 70.8 Å². The van der Waals surface area contributed by atoms with Crippen LogP contribution in [0.25, 0.3) is 0 Å². The molecule has 24 heavy (non-hydrogen) atoms. The van der Waals surface area contributed by atoms with Gasteiger partial charge in [0.25, 0.3) is 0 Å². The predicted molar refractivity (Wildman–Crippen MR) is 97.9 cm³/mol. The normalized spacial score (nSPS) is 17.6. The van der Waals surface area contributed by atoms with Gasteiger partial charge in [0, 0.05) is 36.8 Å². The molecule has 1 N–H and O–H groups in total. The van der Waals surface area contributed by atoms with Crippen molar-refractivity contribution in [2.24, 2.45) is 0 Å². The van der Waals surface area contributed by atoms with Gasteiger partial charge in [-0.15, -0.1) is 0 Å². The number of hydrogen-bond acceptors (Lipinski definition) is 5. The molecule has 0 spiro atoms. The van der Waals surface area contributed by atoms with Crippen molar-refractivity contribution < 1.29 is 8.42 Å². The van der Waals surface area contributed by atoms with E-state index in [2.05, 4.69) is 43.0 Å². The largest absolute Gasteiger partial charge is 0.367 e. The first-order valence-corrected chi connectivity index (χ1v) is 10.5. The molecule has 2 rings (SSSR count). The molecule has 0 unspecified atom stereocenters. The van der Waals surface area contributed by atoms with Crippen molar-refractivity contribution in [1.29, 1.82) is 0 Å². The Morgan fingerprint density at radius 3 is 2.29 bits per heavy atom. The van der Waals surface area contributed by atoms with Crippen molar-refractivity contribution >= 4 is 15.8 Å². The van der Waals surface area contributed by atoms with E-state index >= 15 is 0 Å². The standard InChI is InChI=1S/C17H30N4O2S/c1-6-24(22,23)21-9-7-14(8-10-21)18-16-11-15(12(2)3)19-17(20-16)13(4)5/h11-14H,6-10H2,1-5H3,(H,18,19,20). The van der Waals surface area contributed by atoms with Crippen LogP contribution in [0.3, 0.4) is 0 Å². The smallest absolute Gasteiger partial charge is 0.213 e. The van der Waals surface area contributed by atoms with Crippen molar-refractivity contribution in [2.45, 2.75) is 65.3 Å². The Labute approximate surface area is 146 Å².